The highest BCUT2D eigenvalue weighted by Crippen LogP contribution is 2.76. The van der Waals surface area contributed by atoms with Crippen molar-refractivity contribution in [2.45, 2.75) is 247 Å². The summed E-state index contributed by atoms with van der Waals surface area (Å²) in [6, 6.07) is 0. The zero-order valence-electron chi connectivity index (χ0n) is 48.7. The van der Waals surface area contributed by atoms with Gasteiger partial charge < -0.3 is 124 Å². The van der Waals surface area contributed by atoms with E-state index in [4.69, 9.17) is 47.4 Å². The van der Waals surface area contributed by atoms with E-state index in [0.717, 1.165) is 5.57 Å². The number of hydrogen-bond acceptors (Lipinski definition) is 26. The summed E-state index contributed by atoms with van der Waals surface area (Å²) in [6.07, 6.45) is -32.6. The van der Waals surface area contributed by atoms with Gasteiger partial charge in [0.25, 0.3) is 0 Å². The molecule has 5 aliphatic carbocycles. The fourth-order valence-electron chi connectivity index (χ4n) is 17.2. The number of hydrogen-bond donors (Lipinski definition) is 15. The second kappa shape index (κ2) is 23.2. The summed E-state index contributed by atoms with van der Waals surface area (Å²) in [5.41, 5.74) is -6.49. The Hall–Kier alpha value is -2.73. The summed E-state index contributed by atoms with van der Waals surface area (Å²) in [6.45, 7) is 11.0. The van der Waals surface area contributed by atoms with Crippen molar-refractivity contribution in [1.29, 1.82) is 0 Å². The number of fused-ring (bicyclic) bond motifs is 7. The quantitative estimate of drug-likeness (QED) is 0.0492. The topological polar surface area (TPSA) is 447 Å². The molecule has 484 valence electrons. The summed E-state index contributed by atoms with van der Waals surface area (Å²) < 4.78 is 59.3. The lowest BCUT2D eigenvalue weighted by Crippen LogP contribution is -2.70. The highest BCUT2D eigenvalue weighted by molar-refractivity contribution is 5.79. The van der Waals surface area contributed by atoms with Gasteiger partial charge >= 0.3 is 17.9 Å². The number of allylic oxidation sites excluding steroid dienone is 2. The van der Waals surface area contributed by atoms with Crippen molar-refractivity contribution in [2.24, 2.45) is 50.2 Å². The molecular formula is C57H88O28. The van der Waals surface area contributed by atoms with Gasteiger partial charge in [-0.3, -0.25) is 9.59 Å². The molecule has 85 heavy (non-hydrogen) atoms. The number of rotatable bonds is 13. The van der Waals surface area contributed by atoms with Gasteiger partial charge in [0.2, 0.25) is 6.29 Å². The van der Waals surface area contributed by atoms with Crippen molar-refractivity contribution in [3.63, 3.8) is 0 Å². The van der Waals surface area contributed by atoms with Gasteiger partial charge in [0.15, 0.2) is 37.4 Å². The Bertz CT molecular complexity index is 2500. The molecule has 31 atom stereocenters. The molecule has 9 fully saturated rings. The Morgan fingerprint density at radius 2 is 1.22 bits per heavy atom. The number of aliphatic hydroxyl groups excluding tert-OH is 12. The molecule has 10 rings (SSSR count). The SMILES string of the molecule is C[C@@H]1O[C@@H](O[C@H]2[C@H](OC(=O)[C@]34CCC(C)(C)C[C@H]3C3=CCC5[C@@]6(C)C[C@H](O)[C@H](O[C@@H]7O[C@H](C(=O)O)[C@@H](O)[C@H](O)[C@H]7O)[C@@](C)(C(=O)O)C6CC[C@@]5(C)[C@]3(C)CC4)OC[C@H](O)[C@@H]2O)[C@H](O)[C@H](O[C@@H]2OC[C@](O)(CO)[C@H]2O)[C@H]1O[C@@H]1OC[C@@H](O)[C@H](O)[C@H]1O. The van der Waals surface area contributed by atoms with Crippen LogP contribution in [-0.4, -0.2) is 262 Å². The number of aliphatic carboxylic acids is 2. The smallest absolute Gasteiger partial charge is 0.335 e. The molecule has 28 heteroatoms. The third-order valence-corrected chi connectivity index (χ3v) is 22.5. The van der Waals surface area contributed by atoms with E-state index >= 15 is 4.79 Å². The van der Waals surface area contributed by atoms with Gasteiger partial charge in [-0.1, -0.05) is 46.3 Å². The normalized spacial score (nSPS) is 54.1. The van der Waals surface area contributed by atoms with Crippen molar-refractivity contribution in [2.75, 3.05) is 26.4 Å². The fourth-order valence-corrected chi connectivity index (χ4v) is 17.2. The summed E-state index contributed by atoms with van der Waals surface area (Å²) >= 11 is 0. The second-order valence-corrected chi connectivity index (χ2v) is 27.8. The third kappa shape index (κ3) is 10.5. The van der Waals surface area contributed by atoms with E-state index in [1.54, 1.807) is 0 Å². The Morgan fingerprint density at radius 1 is 0.612 bits per heavy atom. The van der Waals surface area contributed by atoms with Gasteiger partial charge in [-0.25, -0.2) is 4.79 Å². The number of esters is 1. The number of carboxylic acids is 2. The van der Waals surface area contributed by atoms with Crippen molar-refractivity contribution in [3.05, 3.63) is 11.6 Å². The Labute approximate surface area is 490 Å². The summed E-state index contributed by atoms with van der Waals surface area (Å²) in [4.78, 5) is 41.3. The molecule has 0 aromatic rings. The highest BCUT2D eigenvalue weighted by Gasteiger charge is 2.73. The lowest BCUT2D eigenvalue weighted by atomic mass is 9.33. The first kappa shape index (κ1) is 65.2. The van der Waals surface area contributed by atoms with Gasteiger partial charge in [-0.15, -0.1) is 0 Å². The van der Waals surface area contributed by atoms with E-state index in [0.29, 0.717) is 51.4 Å². The first-order chi connectivity index (χ1) is 39.6. The summed E-state index contributed by atoms with van der Waals surface area (Å²) in [5, 5.41) is 163. The van der Waals surface area contributed by atoms with E-state index in [1.807, 2.05) is 6.92 Å². The van der Waals surface area contributed by atoms with Crippen molar-refractivity contribution in [3.8, 4) is 0 Å². The van der Waals surface area contributed by atoms with Crippen LogP contribution in [0.5, 0.6) is 0 Å². The molecule has 5 aliphatic heterocycles. The average molecular weight is 1220 g/mol. The largest absolute Gasteiger partial charge is 0.481 e. The van der Waals surface area contributed by atoms with Gasteiger partial charge in [0.1, 0.15) is 85.0 Å². The van der Waals surface area contributed by atoms with Crippen LogP contribution in [0.2, 0.25) is 0 Å². The number of carbonyl (C=O) groups excluding carboxylic acids is 1. The molecule has 0 radical (unpaired) electrons. The minimum Gasteiger partial charge on any atom is -0.481 e. The highest BCUT2D eigenvalue weighted by atomic mass is 16.8. The Balaban J connectivity index is 0.907. The third-order valence-electron chi connectivity index (χ3n) is 22.5. The summed E-state index contributed by atoms with van der Waals surface area (Å²) in [7, 11) is 0. The number of carboxylic acid groups (broad SMARTS) is 2. The van der Waals surface area contributed by atoms with Gasteiger partial charge in [0, 0.05) is 0 Å². The molecule has 0 spiro atoms. The monoisotopic (exact) mass is 1220 g/mol. The van der Waals surface area contributed by atoms with E-state index < -0.39 is 224 Å². The van der Waals surface area contributed by atoms with Crippen LogP contribution >= 0.6 is 0 Å². The lowest BCUT2D eigenvalue weighted by molar-refractivity contribution is -0.381. The van der Waals surface area contributed by atoms with Crippen molar-refractivity contribution >= 4 is 17.9 Å². The molecule has 0 aromatic carbocycles. The van der Waals surface area contributed by atoms with Crippen LogP contribution in [0.3, 0.4) is 0 Å². The molecule has 5 saturated heterocycles. The molecule has 2 unspecified atom stereocenters. The van der Waals surface area contributed by atoms with Crippen LogP contribution in [0.4, 0.5) is 0 Å². The van der Waals surface area contributed by atoms with Crippen LogP contribution in [0.15, 0.2) is 11.6 Å². The molecule has 0 amide bonds. The van der Waals surface area contributed by atoms with E-state index in [2.05, 4.69) is 33.8 Å². The predicted octanol–water partition coefficient (Wildman–Crippen LogP) is -3.14. The van der Waals surface area contributed by atoms with Gasteiger partial charge in [0.05, 0.1) is 49.5 Å². The molecule has 15 N–H and O–H groups in total. The molecule has 0 bridgehead atoms. The first-order valence-corrected chi connectivity index (χ1v) is 29.6. The zero-order valence-corrected chi connectivity index (χ0v) is 48.7. The Morgan fingerprint density at radius 3 is 1.87 bits per heavy atom. The first-order valence-electron chi connectivity index (χ1n) is 29.6. The minimum atomic E-state index is -2.18. The van der Waals surface area contributed by atoms with E-state index in [-0.39, 0.29) is 17.8 Å². The van der Waals surface area contributed by atoms with E-state index in [9.17, 15) is 86.2 Å². The van der Waals surface area contributed by atoms with Crippen LogP contribution in [0, 0.1) is 50.2 Å². The Kier molecular flexibility index (Phi) is 17.8. The maximum absolute atomic E-state index is 15.5. The molecule has 0 aromatic heterocycles. The molecule has 5 heterocycles. The van der Waals surface area contributed by atoms with E-state index in [1.165, 1.54) is 13.8 Å². The van der Waals surface area contributed by atoms with Gasteiger partial charge in [-0.2, -0.15) is 0 Å². The number of ether oxygens (including phenoxy) is 10. The van der Waals surface area contributed by atoms with Crippen molar-refractivity contribution < 1.29 is 138 Å². The van der Waals surface area contributed by atoms with Crippen LogP contribution in [-0.2, 0) is 61.8 Å². The maximum Gasteiger partial charge on any atom is 0.335 e. The molecular weight excluding hydrogens is 1130 g/mol. The zero-order chi connectivity index (χ0) is 62.2. The molecule has 10 aliphatic rings. The predicted molar refractivity (Wildman–Crippen MR) is 280 cm³/mol. The molecule has 28 nitrogen and oxygen atoms in total. The second-order valence-electron chi connectivity index (χ2n) is 27.8. The van der Waals surface area contributed by atoms with Gasteiger partial charge in [-0.05, 0) is 111 Å². The maximum atomic E-state index is 15.5. The summed E-state index contributed by atoms with van der Waals surface area (Å²) in [5.74, 6) is -4.95. The number of carbonyl (C=O) groups is 3. The minimum absolute atomic E-state index is 0.0339. The standard InChI is InChI=1S/C57H88O28/c1-22-37(80-44-34(66)30(62)26(60)18-76-44)38(81-48-41(69)57(75,20-58)21-78-48)36(68)46(79-22)83-40-31(63)27(61)19-77-47(40)85-50(74)56-14-12-51(2,3)16-24(56)23-8-9-28-52(4)17-25(59)42(84-45-35(67)32(64)33(65)39(82-45)43(70)71)55(7,49(72)73)29(52)10-11-54(28,6)53(23,5)13-15-56/h8,22,24-42,44-48,58-69,75H,9-21H2,1-7H3,(H,70,71)(H,72,73)/t22-,24-,25-,26+,27-,28?,29?,30-,31-,32-,33-,34+,35+,36+,37-,38-,39-,40+,41-,42-,44-,45-,46-,47-,48-,52+,53+,54+,55-,56-,57+/m0/s1. The fraction of sp³-hybridized carbons (Fsp3) is 0.912. The van der Waals surface area contributed by atoms with Crippen LogP contribution in [0.1, 0.15) is 106 Å². The van der Waals surface area contributed by atoms with Crippen LogP contribution in [0.25, 0.3) is 0 Å². The van der Waals surface area contributed by atoms with Crippen molar-refractivity contribution in [1.82, 2.24) is 0 Å². The number of aliphatic hydroxyl groups is 13. The lowest BCUT2D eigenvalue weighted by Gasteiger charge is -2.71. The average Bonchev–Trinajstić information content (AvgIpc) is 1.01. The molecule has 4 saturated carbocycles. The van der Waals surface area contributed by atoms with Crippen LogP contribution < -0.4 is 0 Å².